The molecule has 1 atom stereocenters. The molecule has 2 N–H and O–H groups in total. The Hall–Kier alpha value is -4.00. The molecule has 2 aliphatic rings. The molecular formula is C24H18N2O5. The molecule has 5 rings (SSSR count). The first-order valence-corrected chi connectivity index (χ1v) is 9.98. The summed E-state index contributed by atoms with van der Waals surface area (Å²) < 4.78 is 0. The zero-order chi connectivity index (χ0) is 21.7. The number of carboxylic acid groups (broad SMARTS) is 1. The number of nitrogens with one attached hydrogen (secondary N) is 1. The number of piperidine rings is 1. The minimum Gasteiger partial charge on any atom is -0.478 e. The molecule has 2 heterocycles. The monoisotopic (exact) mass is 414 g/mol. The van der Waals surface area contributed by atoms with Gasteiger partial charge in [0.15, 0.2) is 0 Å². The van der Waals surface area contributed by atoms with Crippen molar-refractivity contribution in [3.63, 3.8) is 0 Å². The van der Waals surface area contributed by atoms with E-state index in [2.05, 4.69) is 5.32 Å². The molecule has 0 aliphatic carbocycles. The average molecular weight is 414 g/mol. The maximum Gasteiger partial charge on any atom is 0.335 e. The van der Waals surface area contributed by atoms with Crippen LogP contribution in [-0.4, -0.2) is 34.8 Å². The first-order valence-electron chi connectivity index (χ1n) is 9.98. The van der Waals surface area contributed by atoms with Crippen molar-refractivity contribution in [3.8, 4) is 0 Å². The second-order valence-electron chi connectivity index (χ2n) is 7.79. The molecule has 3 amide bonds. The Balaban J connectivity index is 1.55. The Morgan fingerprint density at radius 2 is 1.81 bits per heavy atom. The third-order valence-electron chi connectivity index (χ3n) is 5.93. The van der Waals surface area contributed by atoms with Gasteiger partial charge in [-0.05, 0) is 53.6 Å². The number of carbonyl (C=O) groups excluding carboxylic acids is 3. The molecule has 154 valence electrons. The highest BCUT2D eigenvalue weighted by atomic mass is 16.4. The van der Waals surface area contributed by atoms with E-state index in [0.717, 1.165) is 21.9 Å². The van der Waals surface area contributed by atoms with E-state index in [1.165, 1.54) is 4.90 Å². The molecule has 0 unspecified atom stereocenters. The molecule has 7 nitrogen and oxygen atoms in total. The van der Waals surface area contributed by atoms with E-state index in [-0.39, 0.29) is 23.8 Å². The lowest BCUT2D eigenvalue weighted by Gasteiger charge is -2.30. The van der Waals surface area contributed by atoms with Crippen LogP contribution in [0.2, 0.25) is 0 Å². The van der Waals surface area contributed by atoms with Gasteiger partial charge >= 0.3 is 5.97 Å². The Labute approximate surface area is 177 Å². The summed E-state index contributed by atoms with van der Waals surface area (Å²) in [4.78, 5) is 49.7. The molecule has 1 fully saturated rings. The van der Waals surface area contributed by atoms with Crippen LogP contribution < -0.4 is 10.2 Å². The highest BCUT2D eigenvalue weighted by Gasteiger charge is 2.40. The number of benzene rings is 3. The highest BCUT2D eigenvalue weighted by molar-refractivity contribution is 6.27. The van der Waals surface area contributed by atoms with E-state index < -0.39 is 17.9 Å². The molecule has 7 heteroatoms. The fraction of sp³-hybridized carbons (Fsp3) is 0.167. The fourth-order valence-electron chi connectivity index (χ4n) is 4.44. The molecule has 2 aliphatic heterocycles. The lowest BCUT2D eigenvalue weighted by Crippen LogP contribution is -2.53. The third-order valence-corrected chi connectivity index (χ3v) is 5.93. The normalized spacial score (nSPS) is 17.9. The maximum absolute atomic E-state index is 13.2. The largest absolute Gasteiger partial charge is 0.478 e. The number of aromatic carboxylic acids is 1. The van der Waals surface area contributed by atoms with Gasteiger partial charge in [-0.15, -0.1) is 0 Å². The van der Waals surface area contributed by atoms with Crippen LogP contribution in [0, 0.1) is 0 Å². The molecule has 1 saturated heterocycles. The average Bonchev–Trinajstić information content (AvgIpc) is 3.04. The van der Waals surface area contributed by atoms with Crippen molar-refractivity contribution < 1.29 is 24.3 Å². The van der Waals surface area contributed by atoms with E-state index in [0.29, 0.717) is 24.1 Å². The summed E-state index contributed by atoms with van der Waals surface area (Å²) in [7, 11) is 0. The van der Waals surface area contributed by atoms with Crippen molar-refractivity contribution in [1.82, 2.24) is 5.32 Å². The quantitative estimate of drug-likeness (QED) is 0.639. The van der Waals surface area contributed by atoms with Gasteiger partial charge in [0.2, 0.25) is 11.8 Å². The number of carboxylic acids is 1. The first kappa shape index (κ1) is 19.0. The van der Waals surface area contributed by atoms with Crippen molar-refractivity contribution in [3.05, 3.63) is 76.9 Å². The number of amides is 3. The van der Waals surface area contributed by atoms with E-state index in [1.54, 1.807) is 30.3 Å². The zero-order valence-corrected chi connectivity index (χ0v) is 16.4. The lowest BCUT2D eigenvalue weighted by molar-refractivity contribution is -0.134. The molecule has 31 heavy (non-hydrogen) atoms. The lowest BCUT2D eigenvalue weighted by atomic mass is 9.95. The van der Waals surface area contributed by atoms with E-state index in [4.69, 9.17) is 5.11 Å². The Kier molecular flexibility index (Phi) is 4.32. The first-order chi connectivity index (χ1) is 14.9. The summed E-state index contributed by atoms with van der Waals surface area (Å²) >= 11 is 0. The van der Waals surface area contributed by atoms with Crippen LogP contribution in [0.15, 0.2) is 54.6 Å². The minimum absolute atomic E-state index is 0.199. The number of imide groups is 1. The number of nitrogens with zero attached hydrogens (tertiary/aromatic N) is 1. The van der Waals surface area contributed by atoms with Crippen LogP contribution in [0.4, 0.5) is 5.69 Å². The van der Waals surface area contributed by atoms with E-state index in [9.17, 15) is 19.2 Å². The van der Waals surface area contributed by atoms with Crippen LogP contribution in [0.25, 0.3) is 10.8 Å². The summed E-state index contributed by atoms with van der Waals surface area (Å²) in [5, 5.41) is 13.1. The molecule has 3 aromatic carbocycles. The minimum atomic E-state index is -0.969. The number of carbonyl (C=O) groups is 4. The van der Waals surface area contributed by atoms with Crippen molar-refractivity contribution in [1.29, 1.82) is 0 Å². The number of hydrogen-bond donors (Lipinski definition) is 2. The Morgan fingerprint density at radius 1 is 1.03 bits per heavy atom. The third kappa shape index (κ3) is 3.06. The maximum atomic E-state index is 13.2. The SMILES string of the molecule is O=C1CC[C@H](N2C(=O)c3cccc4c(Cc5ccc(C(=O)O)cc5)ccc2c34)C(=O)N1. The predicted octanol–water partition coefficient (Wildman–Crippen LogP) is 2.89. The second kappa shape index (κ2) is 7.05. The van der Waals surface area contributed by atoms with Gasteiger partial charge in [-0.25, -0.2) is 4.79 Å². The van der Waals surface area contributed by atoms with Gasteiger partial charge in [-0.3, -0.25) is 24.6 Å². The number of hydrogen-bond acceptors (Lipinski definition) is 4. The van der Waals surface area contributed by atoms with Crippen LogP contribution in [0.5, 0.6) is 0 Å². The van der Waals surface area contributed by atoms with E-state index >= 15 is 0 Å². The van der Waals surface area contributed by atoms with Crippen LogP contribution in [-0.2, 0) is 16.0 Å². The van der Waals surface area contributed by atoms with Crippen molar-refractivity contribution in [2.75, 3.05) is 4.90 Å². The van der Waals surface area contributed by atoms with Gasteiger partial charge in [0.25, 0.3) is 5.91 Å². The summed E-state index contributed by atoms with van der Waals surface area (Å²) in [5.41, 5.74) is 3.41. The Bertz CT molecular complexity index is 1280. The van der Waals surface area contributed by atoms with Crippen LogP contribution in [0.1, 0.15) is 44.7 Å². The highest BCUT2D eigenvalue weighted by Crippen LogP contribution is 2.41. The smallest absolute Gasteiger partial charge is 0.335 e. The van der Waals surface area contributed by atoms with Crippen LogP contribution in [0.3, 0.4) is 0 Å². The second-order valence-corrected chi connectivity index (χ2v) is 7.79. The molecule has 0 radical (unpaired) electrons. The van der Waals surface area contributed by atoms with Gasteiger partial charge in [0, 0.05) is 17.4 Å². The molecule has 3 aromatic rings. The topological polar surface area (TPSA) is 104 Å². The molecule has 0 aromatic heterocycles. The number of anilines is 1. The fourth-order valence-corrected chi connectivity index (χ4v) is 4.44. The summed E-state index contributed by atoms with van der Waals surface area (Å²) in [6.07, 6.45) is 1.07. The van der Waals surface area contributed by atoms with E-state index in [1.807, 2.05) is 24.3 Å². The van der Waals surface area contributed by atoms with Gasteiger partial charge in [-0.2, -0.15) is 0 Å². The summed E-state index contributed by atoms with van der Waals surface area (Å²) in [6, 6.07) is 15.3. The van der Waals surface area contributed by atoms with Gasteiger partial charge in [0.1, 0.15) is 6.04 Å². The molecule has 0 spiro atoms. The molecule has 0 saturated carbocycles. The van der Waals surface area contributed by atoms with Crippen molar-refractivity contribution in [2.24, 2.45) is 0 Å². The summed E-state index contributed by atoms with van der Waals surface area (Å²) in [6.45, 7) is 0. The predicted molar refractivity (Wildman–Crippen MR) is 113 cm³/mol. The van der Waals surface area contributed by atoms with Crippen LogP contribution >= 0.6 is 0 Å². The van der Waals surface area contributed by atoms with Crippen molar-refractivity contribution in [2.45, 2.75) is 25.3 Å². The summed E-state index contributed by atoms with van der Waals surface area (Å²) in [5.74, 6) is -1.98. The Morgan fingerprint density at radius 3 is 2.52 bits per heavy atom. The number of rotatable bonds is 4. The molecular weight excluding hydrogens is 396 g/mol. The van der Waals surface area contributed by atoms with Gasteiger partial charge in [-0.1, -0.05) is 30.3 Å². The molecule has 0 bridgehead atoms. The van der Waals surface area contributed by atoms with Gasteiger partial charge in [0.05, 0.1) is 11.3 Å². The zero-order valence-electron chi connectivity index (χ0n) is 16.4. The van der Waals surface area contributed by atoms with Crippen molar-refractivity contribution >= 4 is 40.2 Å². The van der Waals surface area contributed by atoms with Gasteiger partial charge < -0.3 is 5.11 Å². The standard InChI is InChI=1S/C24H18N2O5/c27-20-11-10-19(22(28)25-20)26-18-9-8-15(12-13-4-6-14(7-5-13)24(30)31)16-2-1-3-17(21(16)18)23(26)29/h1-9,19H,10-12H2,(H,30,31)(H,25,27,28)/t19-/m0/s1.